The smallest absolute Gasteiger partial charge is 0.326 e. The molecule has 14 N–H and O–H groups in total. The maximum absolute atomic E-state index is 13.2. The predicted molar refractivity (Wildman–Crippen MR) is 221 cm³/mol. The Morgan fingerprint density at radius 2 is 0.983 bits per heavy atom. The number of unbranched alkanes of at least 4 members (excludes halogenated alkanes) is 1. The fourth-order valence-corrected chi connectivity index (χ4v) is 5.80. The maximum Gasteiger partial charge on any atom is 0.326 e. The Morgan fingerprint density at radius 3 is 1.42 bits per heavy atom. The summed E-state index contributed by atoms with van der Waals surface area (Å²) in [6.07, 6.45) is 1.64. The van der Waals surface area contributed by atoms with E-state index in [9.17, 15) is 53.4 Å². The fraction of sp³-hybridized carbons (Fsp3) is 0.757. The van der Waals surface area contributed by atoms with Gasteiger partial charge in [0.05, 0.1) is 25.2 Å². The topological polar surface area (TPSA) is 342 Å². The number of aliphatic hydroxyl groups excluding tert-OH is 1. The fourth-order valence-electron chi connectivity index (χ4n) is 5.33. The maximum atomic E-state index is 13.2. The number of nitrogens with two attached hydrogens (primary N) is 2. The first-order valence-electron chi connectivity index (χ1n) is 19.7. The number of rotatable bonds is 28. The van der Waals surface area contributed by atoms with Crippen LogP contribution in [0.2, 0.25) is 0 Å². The van der Waals surface area contributed by atoms with Gasteiger partial charge in [-0.05, 0) is 75.8 Å². The quantitative estimate of drug-likeness (QED) is 0.0345. The van der Waals surface area contributed by atoms with E-state index in [0.29, 0.717) is 25.1 Å². The van der Waals surface area contributed by atoms with E-state index in [-0.39, 0.29) is 18.8 Å². The molecule has 59 heavy (non-hydrogen) atoms. The number of carbonyl (C=O) groups excluding carboxylic acids is 8. The molecule has 0 bridgehead atoms. The minimum absolute atomic E-state index is 0.117. The van der Waals surface area contributed by atoms with Crippen LogP contribution < -0.4 is 54.0 Å². The van der Waals surface area contributed by atoms with Crippen molar-refractivity contribution in [3.05, 3.63) is 0 Å². The summed E-state index contributed by atoms with van der Waals surface area (Å²) < 4.78 is 0. The number of aliphatic hydroxyl groups is 1. The molecule has 0 saturated heterocycles. The lowest BCUT2D eigenvalue weighted by molar-refractivity contribution is -0.143. The van der Waals surface area contributed by atoms with Crippen molar-refractivity contribution in [3.63, 3.8) is 0 Å². The Bertz CT molecular complexity index is 1430. The van der Waals surface area contributed by atoms with Gasteiger partial charge in [-0.3, -0.25) is 38.4 Å². The van der Waals surface area contributed by atoms with Crippen LogP contribution in [0.4, 0.5) is 0 Å². The normalized spacial score (nSPS) is 15.3. The van der Waals surface area contributed by atoms with Gasteiger partial charge in [-0.2, -0.15) is 11.8 Å². The molecule has 0 fully saturated rings. The van der Waals surface area contributed by atoms with Gasteiger partial charge in [0.15, 0.2) is 0 Å². The van der Waals surface area contributed by atoms with Gasteiger partial charge in [0.1, 0.15) is 36.3 Å². The van der Waals surface area contributed by atoms with Gasteiger partial charge in [0.25, 0.3) is 0 Å². The van der Waals surface area contributed by atoms with Gasteiger partial charge in [-0.1, -0.05) is 41.5 Å². The lowest BCUT2D eigenvalue weighted by Crippen LogP contribution is -2.60. The highest BCUT2D eigenvalue weighted by Crippen LogP contribution is 2.09. The standard InChI is InChI=1S/C37H68N10O11S/c1-18(2)27(44-25(49)16-40-32(52)23(12-10-11-14-38)42-35(55)28(19(3)4)46-31(51)21(7)39)34(54)41-17-26(50)45-30(22(8)48)36(56)43-24(13-15-59-9)33(53)47-29(20(5)6)37(57)58/h18-24,27-30,48H,10-17,38-39H2,1-9H3,(H,40,52)(H,41,54)(H,42,55)(H,43,56)(H,44,49)(H,45,50)(H,46,51)(H,47,53)(H,57,58)/t21-,22+,23-,24-,27-,28-,29-,30-/m0/s1. The molecule has 0 aliphatic carbocycles. The van der Waals surface area contributed by atoms with Crippen LogP contribution in [0.25, 0.3) is 0 Å². The van der Waals surface area contributed by atoms with Crippen molar-refractivity contribution in [1.29, 1.82) is 0 Å². The summed E-state index contributed by atoms with van der Waals surface area (Å²) in [6, 6.07) is -8.11. The van der Waals surface area contributed by atoms with Crippen LogP contribution in [0, 0.1) is 17.8 Å². The summed E-state index contributed by atoms with van der Waals surface area (Å²) in [4.78, 5) is 115. The largest absolute Gasteiger partial charge is 0.480 e. The second-order valence-electron chi connectivity index (χ2n) is 15.3. The van der Waals surface area contributed by atoms with E-state index in [2.05, 4.69) is 42.5 Å². The van der Waals surface area contributed by atoms with Crippen LogP contribution in [0.15, 0.2) is 0 Å². The van der Waals surface area contributed by atoms with Crippen molar-refractivity contribution < 1.29 is 53.4 Å². The average molecular weight is 861 g/mol. The van der Waals surface area contributed by atoms with Crippen molar-refractivity contribution in [1.82, 2.24) is 42.5 Å². The number of hydrogen-bond acceptors (Lipinski definition) is 13. The Hall–Kier alpha value is -4.54. The SMILES string of the molecule is CSCC[C@H](NC(=O)[C@@H](NC(=O)CNC(=O)[C@@H](NC(=O)CNC(=O)[C@H](CCCCN)NC(=O)[C@@H](NC(=O)[C@H](C)N)C(C)C)C(C)C)[C@@H](C)O)C(=O)N[C@H](C(=O)O)C(C)C. The molecule has 0 aliphatic rings. The molecular formula is C37H68N10O11S. The Kier molecular flexibility index (Phi) is 25.9. The van der Waals surface area contributed by atoms with Gasteiger partial charge in [-0.15, -0.1) is 0 Å². The van der Waals surface area contributed by atoms with Gasteiger partial charge in [0, 0.05) is 0 Å². The molecule has 0 aliphatic heterocycles. The van der Waals surface area contributed by atoms with Gasteiger partial charge >= 0.3 is 5.97 Å². The van der Waals surface area contributed by atoms with Crippen molar-refractivity contribution >= 4 is 65.0 Å². The van der Waals surface area contributed by atoms with Gasteiger partial charge in [0.2, 0.25) is 47.3 Å². The molecule has 22 heteroatoms. The van der Waals surface area contributed by atoms with E-state index < -0.39 is 127 Å². The van der Waals surface area contributed by atoms with Crippen LogP contribution in [-0.2, 0) is 43.2 Å². The number of amides is 8. The average Bonchev–Trinajstić information content (AvgIpc) is 3.15. The van der Waals surface area contributed by atoms with E-state index >= 15 is 0 Å². The summed E-state index contributed by atoms with van der Waals surface area (Å²) in [6.45, 7) is 11.7. The van der Waals surface area contributed by atoms with Crippen molar-refractivity contribution in [2.75, 3.05) is 31.6 Å². The van der Waals surface area contributed by atoms with E-state index in [0.717, 1.165) is 0 Å². The number of carboxylic acids is 1. The van der Waals surface area contributed by atoms with E-state index in [1.807, 2.05) is 0 Å². The number of hydrogen-bond donors (Lipinski definition) is 12. The molecule has 0 radical (unpaired) electrons. The van der Waals surface area contributed by atoms with Crippen LogP contribution in [0.3, 0.4) is 0 Å². The molecule has 338 valence electrons. The Balaban J connectivity index is 5.58. The molecule has 0 unspecified atom stereocenters. The van der Waals surface area contributed by atoms with Crippen LogP contribution in [0.5, 0.6) is 0 Å². The highest BCUT2D eigenvalue weighted by atomic mass is 32.2. The molecule has 21 nitrogen and oxygen atoms in total. The summed E-state index contributed by atoms with van der Waals surface area (Å²) in [5.74, 6) is -8.13. The Morgan fingerprint density at radius 1 is 0.542 bits per heavy atom. The monoisotopic (exact) mass is 860 g/mol. The van der Waals surface area contributed by atoms with E-state index in [4.69, 9.17) is 11.5 Å². The summed E-state index contributed by atoms with van der Waals surface area (Å²) >= 11 is 1.38. The second kappa shape index (κ2) is 28.0. The van der Waals surface area contributed by atoms with E-state index in [1.54, 1.807) is 47.8 Å². The number of thioether (sulfide) groups is 1. The van der Waals surface area contributed by atoms with Crippen LogP contribution in [0.1, 0.15) is 81.1 Å². The molecule has 0 aromatic heterocycles. The van der Waals surface area contributed by atoms with Gasteiger partial charge < -0.3 is 64.2 Å². The molecule has 8 amide bonds. The molecule has 0 aromatic carbocycles. The zero-order valence-corrected chi connectivity index (χ0v) is 36.5. The van der Waals surface area contributed by atoms with Crippen molar-refractivity contribution in [2.24, 2.45) is 29.2 Å². The zero-order valence-electron chi connectivity index (χ0n) is 35.6. The predicted octanol–water partition coefficient (Wildman–Crippen LogP) is -3.21. The molecule has 0 heterocycles. The zero-order chi connectivity index (χ0) is 45.6. The number of aliphatic carboxylic acids is 1. The Labute approximate surface area is 350 Å². The first kappa shape index (κ1) is 54.5. The first-order valence-corrected chi connectivity index (χ1v) is 21.1. The third kappa shape index (κ3) is 20.8. The molecule has 0 aromatic rings. The van der Waals surface area contributed by atoms with Crippen LogP contribution >= 0.6 is 11.8 Å². The van der Waals surface area contributed by atoms with Crippen molar-refractivity contribution in [3.8, 4) is 0 Å². The molecule has 0 spiro atoms. The summed E-state index contributed by atoms with van der Waals surface area (Å²) in [5.41, 5.74) is 11.2. The van der Waals surface area contributed by atoms with Gasteiger partial charge in [-0.25, -0.2) is 4.79 Å². The second-order valence-corrected chi connectivity index (χ2v) is 16.3. The van der Waals surface area contributed by atoms with E-state index in [1.165, 1.54) is 25.6 Å². The minimum Gasteiger partial charge on any atom is -0.480 e. The molecule has 0 saturated carbocycles. The minimum atomic E-state index is -1.57. The highest BCUT2D eigenvalue weighted by Gasteiger charge is 2.33. The lowest BCUT2D eigenvalue weighted by Gasteiger charge is -2.26. The number of carboxylic acid groups (broad SMARTS) is 1. The summed E-state index contributed by atoms with van der Waals surface area (Å²) in [7, 11) is 0. The lowest BCUT2D eigenvalue weighted by atomic mass is 10.0. The highest BCUT2D eigenvalue weighted by molar-refractivity contribution is 7.98. The third-order valence-electron chi connectivity index (χ3n) is 8.91. The van der Waals surface area contributed by atoms with Crippen molar-refractivity contribution in [2.45, 2.75) is 129 Å². The van der Waals surface area contributed by atoms with Crippen LogP contribution in [-0.4, -0.2) is 143 Å². The molecule has 8 atom stereocenters. The number of carbonyl (C=O) groups is 9. The first-order chi connectivity index (χ1) is 27.5. The summed E-state index contributed by atoms with van der Waals surface area (Å²) in [5, 5.41) is 39.5. The molecule has 0 rings (SSSR count). The third-order valence-corrected chi connectivity index (χ3v) is 9.55. The number of nitrogens with one attached hydrogen (secondary N) is 8. The molecular weight excluding hydrogens is 793 g/mol.